The van der Waals surface area contributed by atoms with Crippen LogP contribution in [0.4, 0.5) is 10.1 Å². The van der Waals surface area contributed by atoms with Crippen LogP contribution in [0.25, 0.3) is 0 Å². The minimum Gasteiger partial charge on any atom is -0.325 e. The van der Waals surface area contributed by atoms with Crippen LogP contribution in [0, 0.1) is 5.82 Å². The van der Waals surface area contributed by atoms with Crippen molar-refractivity contribution in [2.75, 3.05) is 5.32 Å². The summed E-state index contributed by atoms with van der Waals surface area (Å²) in [6, 6.07) is 11.2. The summed E-state index contributed by atoms with van der Waals surface area (Å²) in [6.45, 7) is 0. The van der Waals surface area contributed by atoms with Gasteiger partial charge in [0.1, 0.15) is 5.82 Å². The highest BCUT2D eigenvalue weighted by Gasteiger charge is 2.08. The van der Waals surface area contributed by atoms with Crippen LogP contribution < -0.4 is 5.32 Å². The normalized spacial score (nSPS) is 10.3. The van der Waals surface area contributed by atoms with Gasteiger partial charge in [0.05, 0.1) is 12.1 Å². The van der Waals surface area contributed by atoms with E-state index in [1.807, 2.05) is 6.07 Å². The molecule has 0 atom stereocenters. The van der Waals surface area contributed by atoms with Gasteiger partial charge in [-0.1, -0.05) is 23.7 Å². The average Bonchev–Trinajstić information content (AvgIpc) is 2.34. The SMILES string of the molecule is O=C(Cc1cccc(Cl)c1)Nc1cc(F)ccc1Br. The van der Waals surface area contributed by atoms with Gasteiger partial charge in [0.25, 0.3) is 0 Å². The molecule has 2 aromatic carbocycles. The van der Waals surface area contributed by atoms with E-state index < -0.39 is 5.82 Å². The molecule has 0 spiro atoms. The van der Waals surface area contributed by atoms with Gasteiger partial charge in [-0.15, -0.1) is 0 Å². The van der Waals surface area contributed by atoms with E-state index in [0.717, 1.165) is 5.56 Å². The quantitative estimate of drug-likeness (QED) is 0.879. The molecule has 0 saturated heterocycles. The molecule has 98 valence electrons. The van der Waals surface area contributed by atoms with Crippen LogP contribution in [0.1, 0.15) is 5.56 Å². The van der Waals surface area contributed by atoms with Crippen LogP contribution in [-0.4, -0.2) is 5.91 Å². The molecular weight excluding hydrogens is 333 g/mol. The molecule has 1 N–H and O–H groups in total. The Kier molecular flexibility index (Phi) is 4.56. The zero-order chi connectivity index (χ0) is 13.8. The van der Waals surface area contributed by atoms with E-state index in [9.17, 15) is 9.18 Å². The third-order valence-electron chi connectivity index (χ3n) is 2.46. The van der Waals surface area contributed by atoms with Crippen LogP contribution in [0.3, 0.4) is 0 Å². The van der Waals surface area contributed by atoms with Gasteiger partial charge in [-0.2, -0.15) is 0 Å². The predicted molar refractivity (Wildman–Crippen MR) is 77.9 cm³/mol. The second kappa shape index (κ2) is 6.17. The standard InChI is InChI=1S/C14H10BrClFNO/c15-12-5-4-11(17)8-13(12)18-14(19)7-9-2-1-3-10(16)6-9/h1-6,8H,7H2,(H,18,19). The highest BCUT2D eigenvalue weighted by molar-refractivity contribution is 9.10. The van der Waals surface area contributed by atoms with Crippen molar-refractivity contribution >= 4 is 39.1 Å². The molecule has 5 heteroatoms. The molecule has 2 rings (SSSR count). The highest BCUT2D eigenvalue weighted by atomic mass is 79.9. The van der Waals surface area contributed by atoms with Gasteiger partial charge >= 0.3 is 0 Å². The second-order valence-electron chi connectivity index (χ2n) is 3.98. The lowest BCUT2D eigenvalue weighted by Crippen LogP contribution is -2.14. The number of rotatable bonds is 3. The first kappa shape index (κ1) is 14.0. The lowest BCUT2D eigenvalue weighted by Gasteiger charge is -2.07. The summed E-state index contributed by atoms with van der Waals surface area (Å²) < 4.78 is 13.7. The first-order valence-electron chi connectivity index (χ1n) is 5.54. The molecule has 0 aliphatic heterocycles. The number of hydrogen-bond donors (Lipinski definition) is 1. The summed E-state index contributed by atoms with van der Waals surface area (Å²) in [4.78, 5) is 11.9. The molecule has 0 aliphatic carbocycles. The number of amides is 1. The van der Waals surface area contributed by atoms with E-state index in [0.29, 0.717) is 15.2 Å². The summed E-state index contributed by atoms with van der Waals surface area (Å²) in [5.41, 5.74) is 1.21. The highest BCUT2D eigenvalue weighted by Crippen LogP contribution is 2.23. The van der Waals surface area contributed by atoms with E-state index in [1.54, 1.807) is 24.3 Å². The minimum absolute atomic E-state index is 0.184. The van der Waals surface area contributed by atoms with Crippen molar-refractivity contribution in [3.8, 4) is 0 Å². The monoisotopic (exact) mass is 341 g/mol. The first-order chi connectivity index (χ1) is 9.04. The van der Waals surface area contributed by atoms with Gasteiger partial charge < -0.3 is 5.32 Å². The molecular formula is C14H10BrClFNO. The van der Waals surface area contributed by atoms with Gasteiger partial charge in [0.2, 0.25) is 5.91 Å². The van der Waals surface area contributed by atoms with Crippen molar-refractivity contribution in [1.82, 2.24) is 0 Å². The van der Waals surface area contributed by atoms with Gasteiger partial charge in [0, 0.05) is 9.50 Å². The smallest absolute Gasteiger partial charge is 0.228 e. The fourth-order valence-corrected chi connectivity index (χ4v) is 2.18. The fraction of sp³-hybridized carbons (Fsp3) is 0.0714. The number of carbonyl (C=O) groups is 1. The molecule has 2 aromatic rings. The zero-order valence-electron chi connectivity index (χ0n) is 9.79. The Morgan fingerprint density at radius 3 is 2.79 bits per heavy atom. The minimum atomic E-state index is -0.402. The number of halogens is 3. The summed E-state index contributed by atoms with van der Waals surface area (Å²) >= 11 is 9.10. The van der Waals surface area contributed by atoms with Crippen molar-refractivity contribution in [2.24, 2.45) is 0 Å². The number of benzene rings is 2. The maximum Gasteiger partial charge on any atom is 0.228 e. The topological polar surface area (TPSA) is 29.1 Å². The molecule has 0 bridgehead atoms. The van der Waals surface area contributed by atoms with E-state index in [4.69, 9.17) is 11.6 Å². The molecule has 2 nitrogen and oxygen atoms in total. The summed E-state index contributed by atoms with van der Waals surface area (Å²) in [5, 5.41) is 3.23. The lowest BCUT2D eigenvalue weighted by atomic mass is 10.1. The van der Waals surface area contributed by atoms with Crippen LogP contribution in [0.2, 0.25) is 5.02 Å². The Morgan fingerprint density at radius 2 is 2.05 bits per heavy atom. The van der Waals surface area contributed by atoms with Crippen molar-refractivity contribution in [3.63, 3.8) is 0 Å². The fourth-order valence-electron chi connectivity index (χ4n) is 1.62. The number of anilines is 1. The molecule has 0 saturated carbocycles. The molecule has 0 unspecified atom stereocenters. The largest absolute Gasteiger partial charge is 0.325 e. The van der Waals surface area contributed by atoms with Crippen molar-refractivity contribution < 1.29 is 9.18 Å². The van der Waals surface area contributed by atoms with Crippen molar-refractivity contribution in [3.05, 3.63) is 63.3 Å². The summed E-state index contributed by atoms with van der Waals surface area (Å²) in [7, 11) is 0. The Hall–Kier alpha value is -1.39. The Morgan fingerprint density at radius 1 is 1.26 bits per heavy atom. The van der Waals surface area contributed by atoms with E-state index in [2.05, 4.69) is 21.2 Å². The molecule has 1 amide bonds. The maximum absolute atomic E-state index is 13.1. The third kappa shape index (κ3) is 4.04. The van der Waals surface area contributed by atoms with Gasteiger partial charge in [0.15, 0.2) is 0 Å². The van der Waals surface area contributed by atoms with E-state index >= 15 is 0 Å². The van der Waals surface area contributed by atoms with Crippen molar-refractivity contribution in [1.29, 1.82) is 0 Å². The molecule has 0 aliphatic rings. The third-order valence-corrected chi connectivity index (χ3v) is 3.38. The van der Waals surface area contributed by atoms with E-state index in [-0.39, 0.29) is 12.3 Å². The van der Waals surface area contributed by atoms with E-state index in [1.165, 1.54) is 12.1 Å². The number of nitrogens with one attached hydrogen (secondary N) is 1. The van der Waals surface area contributed by atoms with Crippen molar-refractivity contribution in [2.45, 2.75) is 6.42 Å². The lowest BCUT2D eigenvalue weighted by molar-refractivity contribution is -0.115. The molecule has 0 aromatic heterocycles. The molecule has 0 radical (unpaired) electrons. The van der Waals surface area contributed by atoms with Gasteiger partial charge in [-0.05, 0) is 51.8 Å². The molecule has 0 fully saturated rings. The number of carbonyl (C=O) groups excluding carboxylic acids is 1. The molecule has 19 heavy (non-hydrogen) atoms. The Bertz CT molecular complexity index is 618. The van der Waals surface area contributed by atoms with Crippen LogP contribution in [0.5, 0.6) is 0 Å². The Balaban J connectivity index is 2.07. The van der Waals surface area contributed by atoms with Crippen LogP contribution in [-0.2, 0) is 11.2 Å². The van der Waals surface area contributed by atoms with Gasteiger partial charge in [-0.25, -0.2) is 4.39 Å². The first-order valence-corrected chi connectivity index (χ1v) is 6.71. The van der Waals surface area contributed by atoms with Crippen LogP contribution in [0.15, 0.2) is 46.9 Å². The number of hydrogen-bond acceptors (Lipinski definition) is 1. The molecule has 0 heterocycles. The van der Waals surface area contributed by atoms with Crippen LogP contribution >= 0.6 is 27.5 Å². The maximum atomic E-state index is 13.1. The Labute approximate surface area is 123 Å². The second-order valence-corrected chi connectivity index (χ2v) is 5.27. The van der Waals surface area contributed by atoms with Gasteiger partial charge in [-0.3, -0.25) is 4.79 Å². The summed E-state index contributed by atoms with van der Waals surface area (Å²) in [6.07, 6.45) is 0.184. The average molecular weight is 343 g/mol. The zero-order valence-corrected chi connectivity index (χ0v) is 12.1. The summed E-state index contributed by atoms with van der Waals surface area (Å²) in [5.74, 6) is -0.630. The predicted octanol–water partition coefficient (Wildman–Crippen LogP) is 4.42.